The number of methoxy groups -OCH3 is 1. The summed E-state index contributed by atoms with van der Waals surface area (Å²) in [5.41, 5.74) is 1.37. The Hall–Kier alpha value is -2.24. The molecule has 0 unspecified atom stereocenters. The molecule has 1 aromatic rings. The van der Waals surface area contributed by atoms with Crippen LogP contribution in [0, 0.1) is 17.8 Å². The molecule has 1 aromatic carbocycles. The molecule has 2 amide bonds. The van der Waals surface area contributed by atoms with Crippen LogP contribution in [0.4, 0.5) is 11.4 Å². The molecule has 4 aliphatic carbocycles. The minimum Gasteiger partial charge on any atom is -0.495 e. The largest absolute Gasteiger partial charge is 0.495 e. The summed E-state index contributed by atoms with van der Waals surface area (Å²) >= 11 is 0. The first-order valence-electron chi connectivity index (χ1n) is 10.4. The molecule has 4 saturated carbocycles. The third-order valence-corrected chi connectivity index (χ3v) is 6.71. The number of hydrogen-bond donors (Lipinski definition) is 3. The van der Waals surface area contributed by atoms with Gasteiger partial charge < -0.3 is 20.7 Å². The van der Waals surface area contributed by atoms with Crippen molar-refractivity contribution in [3.63, 3.8) is 0 Å². The number of carbonyl (C=O) groups is 2. The van der Waals surface area contributed by atoms with Crippen molar-refractivity contribution in [2.45, 2.75) is 64.0 Å². The van der Waals surface area contributed by atoms with Crippen molar-refractivity contribution in [2.75, 3.05) is 17.7 Å². The van der Waals surface area contributed by atoms with Gasteiger partial charge in [0.2, 0.25) is 11.8 Å². The van der Waals surface area contributed by atoms with Crippen molar-refractivity contribution >= 4 is 23.2 Å². The molecule has 5 rings (SSSR count). The molecule has 0 spiro atoms. The van der Waals surface area contributed by atoms with Crippen LogP contribution >= 0.6 is 0 Å². The molecule has 28 heavy (non-hydrogen) atoms. The van der Waals surface area contributed by atoms with Crippen molar-refractivity contribution in [1.82, 2.24) is 5.32 Å². The SMILES string of the molecule is COc1ccc(NC(C)=O)cc1N[C@@H](C)C(=O)NC12CC3CC(CC(C3)C1)C2. The number of benzene rings is 1. The summed E-state index contributed by atoms with van der Waals surface area (Å²) in [6.45, 7) is 3.35. The van der Waals surface area contributed by atoms with Gasteiger partial charge in [-0.05, 0) is 81.4 Å². The maximum Gasteiger partial charge on any atom is 0.242 e. The minimum atomic E-state index is -0.394. The molecule has 1 atom stereocenters. The van der Waals surface area contributed by atoms with Crippen LogP contribution in [0.25, 0.3) is 0 Å². The second-order valence-electron chi connectivity index (χ2n) is 9.15. The van der Waals surface area contributed by atoms with Crippen LogP contribution < -0.4 is 20.7 Å². The number of anilines is 2. The van der Waals surface area contributed by atoms with E-state index in [1.54, 1.807) is 25.3 Å². The molecule has 6 heteroatoms. The number of amides is 2. The average molecular weight is 386 g/mol. The summed E-state index contributed by atoms with van der Waals surface area (Å²) in [5.74, 6) is 2.93. The van der Waals surface area contributed by atoms with Crippen LogP contribution in [0.15, 0.2) is 18.2 Å². The first kappa shape index (κ1) is 19.1. The summed E-state index contributed by atoms with van der Waals surface area (Å²) < 4.78 is 5.41. The van der Waals surface area contributed by atoms with E-state index in [0.717, 1.165) is 37.0 Å². The van der Waals surface area contributed by atoms with Crippen LogP contribution in [0.2, 0.25) is 0 Å². The molecule has 152 valence electrons. The van der Waals surface area contributed by atoms with Gasteiger partial charge in [-0.15, -0.1) is 0 Å². The monoisotopic (exact) mass is 385 g/mol. The van der Waals surface area contributed by atoms with Gasteiger partial charge in [-0.3, -0.25) is 9.59 Å². The molecular weight excluding hydrogens is 354 g/mol. The fourth-order valence-corrected chi connectivity index (χ4v) is 6.03. The first-order chi connectivity index (χ1) is 13.4. The van der Waals surface area contributed by atoms with E-state index in [9.17, 15) is 9.59 Å². The Bertz CT molecular complexity index is 741. The third-order valence-electron chi connectivity index (χ3n) is 6.71. The van der Waals surface area contributed by atoms with Gasteiger partial charge in [0, 0.05) is 18.2 Å². The molecular formula is C22H31N3O3. The van der Waals surface area contributed by atoms with Crippen LogP contribution in [0.1, 0.15) is 52.4 Å². The summed E-state index contributed by atoms with van der Waals surface area (Å²) in [5, 5.41) is 9.45. The molecule has 6 nitrogen and oxygen atoms in total. The van der Waals surface area contributed by atoms with E-state index in [2.05, 4.69) is 16.0 Å². The normalized spacial score (nSPS) is 31.2. The minimum absolute atomic E-state index is 0.00386. The maximum absolute atomic E-state index is 13.0. The molecule has 4 bridgehead atoms. The highest BCUT2D eigenvalue weighted by Crippen LogP contribution is 2.55. The average Bonchev–Trinajstić information content (AvgIpc) is 2.59. The van der Waals surface area contributed by atoms with Gasteiger partial charge in [-0.2, -0.15) is 0 Å². The number of ether oxygens (including phenoxy) is 1. The summed E-state index contributed by atoms with van der Waals surface area (Å²) in [6, 6.07) is 4.98. The van der Waals surface area contributed by atoms with Gasteiger partial charge >= 0.3 is 0 Å². The molecule has 0 saturated heterocycles. The zero-order valence-corrected chi connectivity index (χ0v) is 17.0. The number of rotatable bonds is 6. The van der Waals surface area contributed by atoms with E-state index >= 15 is 0 Å². The highest BCUT2D eigenvalue weighted by Gasteiger charge is 2.51. The Labute approximate surface area is 166 Å². The van der Waals surface area contributed by atoms with Crippen LogP contribution in [0.3, 0.4) is 0 Å². The predicted octanol–water partition coefficient (Wildman–Crippen LogP) is 3.54. The molecule has 0 aromatic heterocycles. The Balaban J connectivity index is 1.44. The number of hydrogen-bond acceptors (Lipinski definition) is 4. The Morgan fingerprint density at radius 3 is 2.25 bits per heavy atom. The Kier molecular flexibility index (Phi) is 4.98. The van der Waals surface area contributed by atoms with Crippen LogP contribution in [0.5, 0.6) is 5.75 Å². The zero-order valence-electron chi connectivity index (χ0n) is 17.0. The van der Waals surface area contributed by atoms with Gasteiger partial charge in [0.1, 0.15) is 11.8 Å². The lowest BCUT2D eigenvalue weighted by atomic mass is 9.53. The van der Waals surface area contributed by atoms with E-state index in [0.29, 0.717) is 17.1 Å². The lowest BCUT2D eigenvalue weighted by Crippen LogP contribution is -2.61. The summed E-state index contributed by atoms with van der Waals surface area (Å²) in [7, 11) is 1.60. The molecule has 0 heterocycles. The Morgan fingerprint density at radius 2 is 1.71 bits per heavy atom. The van der Waals surface area contributed by atoms with E-state index in [1.807, 2.05) is 6.92 Å². The van der Waals surface area contributed by atoms with Crippen LogP contribution in [-0.4, -0.2) is 30.5 Å². The van der Waals surface area contributed by atoms with E-state index in [4.69, 9.17) is 4.74 Å². The molecule has 0 aliphatic heterocycles. The molecule has 3 N–H and O–H groups in total. The van der Waals surface area contributed by atoms with Gasteiger partial charge in [-0.1, -0.05) is 0 Å². The van der Waals surface area contributed by atoms with E-state index in [1.165, 1.54) is 26.2 Å². The lowest BCUT2D eigenvalue weighted by Gasteiger charge is -2.57. The topological polar surface area (TPSA) is 79.5 Å². The van der Waals surface area contributed by atoms with Gasteiger partial charge in [0.25, 0.3) is 0 Å². The first-order valence-corrected chi connectivity index (χ1v) is 10.4. The van der Waals surface area contributed by atoms with E-state index in [-0.39, 0.29) is 17.4 Å². The quantitative estimate of drug-likeness (QED) is 0.700. The van der Waals surface area contributed by atoms with Gasteiger partial charge in [-0.25, -0.2) is 0 Å². The summed E-state index contributed by atoms with van der Waals surface area (Å²) in [6.07, 6.45) is 7.48. The molecule has 0 radical (unpaired) electrons. The summed E-state index contributed by atoms with van der Waals surface area (Å²) in [4.78, 5) is 24.3. The predicted molar refractivity (Wildman–Crippen MR) is 109 cm³/mol. The van der Waals surface area contributed by atoms with Crippen molar-refractivity contribution < 1.29 is 14.3 Å². The third kappa shape index (κ3) is 3.82. The second kappa shape index (κ2) is 7.30. The standard InChI is InChI=1S/C22H31N3O3/c1-13(23-19-9-18(24-14(2)26)4-5-20(19)28-3)21(27)25-22-10-15-6-16(11-22)8-17(7-15)12-22/h4-5,9,13,15-17,23H,6-8,10-12H2,1-3H3,(H,24,26)(H,25,27)/t13-,15?,16?,17?,22?/m0/s1. The highest BCUT2D eigenvalue weighted by molar-refractivity contribution is 5.90. The van der Waals surface area contributed by atoms with Crippen LogP contribution in [-0.2, 0) is 9.59 Å². The maximum atomic E-state index is 13.0. The van der Waals surface area contributed by atoms with Crippen molar-refractivity contribution in [2.24, 2.45) is 17.8 Å². The fourth-order valence-electron chi connectivity index (χ4n) is 6.03. The van der Waals surface area contributed by atoms with Gasteiger partial charge in [0.15, 0.2) is 0 Å². The fraction of sp³-hybridized carbons (Fsp3) is 0.636. The highest BCUT2D eigenvalue weighted by atomic mass is 16.5. The molecule has 4 aliphatic rings. The van der Waals surface area contributed by atoms with Crippen molar-refractivity contribution in [1.29, 1.82) is 0 Å². The number of carbonyl (C=O) groups excluding carboxylic acids is 2. The smallest absolute Gasteiger partial charge is 0.242 e. The van der Waals surface area contributed by atoms with Crippen molar-refractivity contribution in [3.05, 3.63) is 18.2 Å². The lowest BCUT2D eigenvalue weighted by molar-refractivity contribution is -0.127. The zero-order chi connectivity index (χ0) is 19.9. The van der Waals surface area contributed by atoms with E-state index < -0.39 is 6.04 Å². The van der Waals surface area contributed by atoms with Gasteiger partial charge in [0.05, 0.1) is 12.8 Å². The molecule has 4 fully saturated rings. The number of nitrogens with one attached hydrogen (secondary N) is 3. The van der Waals surface area contributed by atoms with Crippen molar-refractivity contribution in [3.8, 4) is 5.75 Å². The second-order valence-corrected chi connectivity index (χ2v) is 9.15. The Morgan fingerprint density at radius 1 is 1.11 bits per heavy atom.